The number of carbonyl (C=O) groups excluding carboxylic acids is 1. The van der Waals surface area contributed by atoms with Crippen LogP contribution < -0.4 is 5.73 Å². The zero-order valence-electron chi connectivity index (χ0n) is 11.6. The van der Waals surface area contributed by atoms with Gasteiger partial charge in [-0.1, -0.05) is 24.3 Å². The lowest BCUT2D eigenvalue weighted by atomic mass is 10.1. The number of nitrogens with two attached hydrogens (primary N) is 1. The molecule has 1 rings (SSSR count). The third-order valence-corrected chi connectivity index (χ3v) is 5.65. The van der Waals surface area contributed by atoms with Gasteiger partial charge in [-0.2, -0.15) is 0 Å². The first-order valence-electron chi connectivity index (χ1n) is 6.22. The van der Waals surface area contributed by atoms with E-state index in [0.717, 1.165) is 5.56 Å². The van der Waals surface area contributed by atoms with Crippen LogP contribution in [0.1, 0.15) is 43.1 Å². The van der Waals surface area contributed by atoms with Crippen molar-refractivity contribution in [3.8, 4) is 0 Å². The SMILES string of the molecule is CC(C)(C)S(=O)(=O)CCC(=O)c1ccc(CN)cc1. The van der Waals surface area contributed by atoms with Gasteiger partial charge in [0, 0.05) is 18.5 Å². The predicted molar refractivity (Wildman–Crippen MR) is 76.8 cm³/mol. The Morgan fingerprint density at radius 1 is 1.16 bits per heavy atom. The van der Waals surface area contributed by atoms with Crippen molar-refractivity contribution in [3.05, 3.63) is 35.4 Å². The fourth-order valence-electron chi connectivity index (χ4n) is 1.50. The molecule has 0 saturated heterocycles. The maximum absolute atomic E-state index is 11.9. The quantitative estimate of drug-likeness (QED) is 0.838. The molecule has 4 nitrogen and oxygen atoms in total. The van der Waals surface area contributed by atoms with E-state index in [0.29, 0.717) is 12.1 Å². The van der Waals surface area contributed by atoms with Crippen molar-refractivity contribution in [2.24, 2.45) is 5.73 Å². The molecule has 0 fully saturated rings. The summed E-state index contributed by atoms with van der Waals surface area (Å²) >= 11 is 0. The second kappa shape index (κ2) is 5.84. The van der Waals surface area contributed by atoms with E-state index >= 15 is 0 Å². The number of hydrogen-bond donors (Lipinski definition) is 1. The standard InChI is InChI=1S/C14H21NO3S/c1-14(2,3)19(17,18)9-8-13(16)12-6-4-11(10-15)5-7-12/h4-7H,8-10,15H2,1-3H3. The van der Waals surface area contributed by atoms with Crippen LogP contribution in [0.2, 0.25) is 0 Å². The number of hydrogen-bond acceptors (Lipinski definition) is 4. The highest BCUT2D eigenvalue weighted by Crippen LogP contribution is 2.17. The van der Waals surface area contributed by atoms with Crippen molar-refractivity contribution >= 4 is 15.6 Å². The summed E-state index contributed by atoms with van der Waals surface area (Å²) in [5.41, 5.74) is 6.95. The molecule has 0 aliphatic carbocycles. The van der Waals surface area contributed by atoms with Gasteiger partial charge < -0.3 is 5.73 Å². The molecule has 0 spiro atoms. The molecular formula is C14H21NO3S. The van der Waals surface area contributed by atoms with Crippen LogP contribution in [-0.2, 0) is 16.4 Å². The van der Waals surface area contributed by atoms with Crippen molar-refractivity contribution in [3.63, 3.8) is 0 Å². The van der Waals surface area contributed by atoms with Gasteiger partial charge in [0.1, 0.15) is 0 Å². The average Bonchev–Trinajstić information content (AvgIpc) is 2.35. The Hall–Kier alpha value is -1.20. The van der Waals surface area contributed by atoms with E-state index in [9.17, 15) is 13.2 Å². The summed E-state index contributed by atoms with van der Waals surface area (Å²) in [6.07, 6.45) is 0.0155. The van der Waals surface area contributed by atoms with Gasteiger partial charge in [0.2, 0.25) is 0 Å². The second-order valence-corrected chi connectivity index (χ2v) is 8.37. The Balaban J connectivity index is 2.71. The van der Waals surface area contributed by atoms with E-state index in [2.05, 4.69) is 0 Å². The lowest BCUT2D eigenvalue weighted by Crippen LogP contribution is -2.31. The molecule has 0 amide bonds. The number of benzene rings is 1. The van der Waals surface area contributed by atoms with E-state index in [1.165, 1.54) is 0 Å². The van der Waals surface area contributed by atoms with Crippen LogP contribution in [-0.4, -0.2) is 24.7 Å². The summed E-state index contributed by atoms with van der Waals surface area (Å²) in [4.78, 5) is 11.9. The minimum Gasteiger partial charge on any atom is -0.326 e. The summed E-state index contributed by atoms with van der Waals surface area (Å²) in [5, 5.41) is 0. The van der Waals surface area contributed by atoms with Crippen LogP contribution in [0.3, 0.4) is 0 Å². The third kappa shape index (κ3) is 4.14. The third-order valence-electron chi connectivity index (χ3n) is 3.04. The first kappa shape index (κ1) is 15.9. The monoisotopic (exact) mass is 283 g/mol. The molecule has 0 radical (unpaired) electrons. The number of rotatable bonds is 5. The van der Waals surface area contributed by atoms with Crippen LogP contribution in [0.25, 0.3) is 0 Å². The van der Waals surface area contributed by atoms with Crippen molar-refractivity contribution in [2.45, 2.75) is 38.5 Å². The largest absolute Gasteiger partial charge is 0.326 e. The van der Waals surface area contributed by atoms with E-state index in [4.69, 9.17) is 5.73 Å². The summed E-state index contributed by atoms with van der Waals surface area (Å²) in [6.45, 7) is 5.35. The molecule has 0 atom stereocenters. The zero-order chi connectivity index (χ0) is 14.7. The topological polar surface area (TPSA) is 77.2 Å². The molecule has 5 heteroatoms. The fraction of sp³-hybridized carbons (Fsp3) is 0.500. The van der Waals surface area contributed by atoms with Gasteiger partial charge in [0.15, 0.2) is 15.6 Å². The van der Waals surface area contributed by atoms with Crippen molar-refractivity contribution < 1.29 is 13.2 Å². The molecule has 0 aromatic heterocycles. The number of sulfone groups is 1. The first-order valence-corrected chi connectivity index (χ1v) is 7.87. The van der Waals surface area contributed by atoms with Crippen LogP contribution in [0.15, 0.2) is 24.3 Å². The van der Waals surface area contributed by atoms with E-state index < -0.39 is 14.6 Å². The van der Waals surface area contributed by atoms with E-state index in [1.807, 2.05) is 0 Å². The van der Waals surface area contributed by atoms with Gasteiger partial charge in [-0.3, -0.25) is 4.79 Å². The smallest absolute Gasteiger partial charge is 0.163 e. The molecule has 1 aromatic rings. The molecule has 106 valence electrons. The van der Waals surface area contributed by atoms with Gasteiger partial charge in [-0.15, -0.1) is 0 Å². The summed E-state index contributed by atoms with van der Waals surface area (Å²) in [6, 6.07) is 6.94. The Kier molecular flexibility index (Phi) is 4.87. The number of carbonyl (C=O) groups is 1. The van der Waals surface area contributed by atoms with Gasteiger partial charge in [0.05, 0.1) is 10.5 Å². The minimum atomic E-state index is -3.25. The summed E-state index contributed by atoms with van der Waals surface area (Å²) < 4.78 is 23.0. The fourth-order valence-corrected chi connectivity index (χ4v) is 2.57. The minimum absolute atomic E-state index is 0.0155. The van der Waals surface area contributed by atoms with Crippen molar-refractivity contribution in [2.75, 3.05) is 5.75 Å². The van der Waals surface area contributed by atoms with Crippen molar-refractivity contribution in [1.29, 1.82) is 0 Å². The Bertz CT molecular complexity index is 539. The van der Waals surface area contributed by atoms with Crippen LogP contribution in [0.5, 0.6) is 0 Å². The van der Waals surface area contributed by atoms with E-state index in [-0.39, 0.29) is 18.0 Å². The molecular weight excluding hydrogens is 262 g/mol. The molecule has 2 N–H and O–H groups in total. The Labute approximate surface area is 114 Å². The lowest BCUT2D eigenvalue weighted by Gasteiger charge is -2.18. The second-order valence-electron chi connectivity index (χ2n) is 5.51. The van der Waals surface area contributed by atoms with Crippen LogP contribution in [0, 0.1) is 0 Å². The number of ketones is 1. The average molecular weight is 283 g/mol. The van der Waals surface area contributed by atoms with Gasteiger partial charge in [-0.05, 0) is 26.3 Å². The van der Waals surface area contributed by atoms with Crippen LogP contribution >= 0.6 is 0 Å². The van der Waals surface area contributed by atoms with Gasteiger partial charge in [0.25, 0.3) is 0 Å². The number of Topliss-reactive ketones (excluding diaryl/α,β-unsaturated/α-hetero) is 1. The molecule has 1 aromatic carbocycles. The van der Waals surface area contributed by atoms with Crippen molar-refractivity contribution in [1.82, 2.24) is 0 Å². The maximum atomic E-state index is 11.9. The first-order chi connectivity index (χ1) is 8.67. The van der Waals surface area contributed by atoms with Crippen LogP contribution in [0.4, 0.5) is 0 Å². The molecule has 0 bridgehead atoms. The molecule has 0 heterocycles. The Morgan fingerprint density at radius 2 is 1.68 bits per heavy atom. The molecule has 0 unspecified atom stereocenters. The van der Waals surface area contributed by atoms with Gasteiger partial charge in [-0.25, -0.2) is 8.42 Å². The normalized spacial score (nSPS) is 12.4. The summed E-state index contributed by atoms with van der Waals surface area (Å²) in [7, 11) is -3.25. The summed E-state index contributed by atoms with van der Waals surface area (Å²) in [5.74, 6) is -0.273. The highest BCUT2D eigenvalue weighted by Gasteiger charge is 2.29. The molecule has 0 saturated carbocycles. The predicted octanol–water partition coefficient (Wildman–Crippen LogP) is 1.93. The lowest BCUT2D eigenvalue weighted by molar-refractivity contribution is 0.0988. The highest BCUT2D eigenvalue weighted by atomic mass is 32.2. The zero-order valence-corrected chi connectivity index (χ0v) is 12.5. The highest BCUT2D eigenvalue weighted by molar-refractivity contribution is 7.92. The van der Waals surface area contributed by atoms with E-state index in [1.54, 1.807) is 45.0 Å². The molecule has 0 aliphatic rings. The maximum Gasteiger partial charge on any atom is 0.163 e. The molecule has 19 heavy (non-hydrogen) atoms. The Morgan fingerprint density at radius 3 is 2.11 bits per heavy atom. The molecule has 0 aliphatic heterocycles. The van der Waals surface area contributed by atoms with Gasteiger partial charge >= 0.3 is 0 Å².